The van der Waals surface area contributed by atoms with E-state index in [4.69, 9.17) is 9.47 Å². The van der Waals surface area contributed by atoms with Crippen LogP contribution in [-0.4, -0.2) is 31.9 Å². The third-order valence-corrected chi connectivity index (χ3v) is 7.18. The van der Waals surface area contributed by atoms with E-state index in [1.165, 1.54) is 23.5 Å². The number of aromatic nitrogens is 1. The number of hydrogen-bond donors (Lipinski definition) is 1. The molecule has 1 heterocycles. The van der Waals surface area contributed by atoms with Crippen molar-refractivity contribution in [2.75, 3.05) is 14.2 Å². The highest BCUT2D eigenvalue weighted by atomic mass is 32.2. The maximum absolute atomic E-state index is 13.6. The maximum Gasteiger partial charge on any atom is 0.252 e. The number of ether oxygens (including phenoxy) is 2. The number of hydrogen-bond acceptors (Lipinski definition) is 5. The van der Waals surface area contributed by atoms with Crippen LogP contribution in [0.4, 0.5) is 0 Å². The first-order valence-corrected chi connectivity index (χ1v) is 11.7. The number of fused-ring (bicyclic) bond motifs is 1. The molecule has 0 fully saturated rings. The highest BCUT2D eigenvalue weighted by Gasteiger charge is 2.26. The van der Waals surface area contributed by atoms with Gasteiger partial charge in [-0.05, 0) is 53.4 Å². The van der Waals surface area contributed by atoms with Crippen LogP contribution in [0.25, 0.3) is 10.9 Å². The summed E-state index contributed by atoms with van der Waals surface area (Å²) in [5, 5.41) is 0.784. The largest absolute Gasteiger partial charge is 0.497 e. The molecule has 1 N–H and O–H groups in total. The lowest BCUT2D eigenvalue weighted by molar-refractivity contribution is 0.399. The molecule has 0 unspecified atom stereocenters. The lowest BCUT2D eigenvalue weighted by Gasteiger charge is -2.22. The summed E-state index contributed by atoms with van der Waals surface area (Å²) in [5.74, 6) is 1.18. The number of pyridine rings is 1. The highest BCUT2D eigenvalue weighted by molar-refractivity contribution is 7.89. The minimum absolute atomic E-state index is 0.0828. The van der Waals surface area contributed by atoms with Gasteiger partial charge in [-0.25, -0.2) is 8.42 Å². The zero-order valence-electron chi connectivity index (χ0n) is 18.3. The highest BCUT2D eigenvalue weighted by Crippen LogP contribution is 2.24. The van der Waals surface area contributed by atoms with Crippen molar-refractivity contribution in [2.45, 2.75) is 18.0 Å². The summed E-state index contributed by atoms with van der Waals surface area (Å²) in [6.07, 6.45) is 0. The Hall–Kier alpha value is -3.62. The Morgan fingerprint density at radius 1 is 0.818 bits per heavy atom. The number of sulfonamides is 1. The van der Waals surface area contributed by atoms with Crippen molar-refractivity contribution in [2.24, 2.45) is 0 Å². The first-order valence-electron chi connectivity index (χ1n) is 10.3. The molecule has 0 saturated heterocycles. The SMILES string of the molecule is COc1ccc(S(=O)(=O)N(Cc2ccccc2)Cc2cc3ccc(OC)cc3[nH]c2=O)cc1. The van der Waals surface area contributed by atoms with E-state index in [2.05, 4.69) is 4.98 Å². The maximum atomic E-state index is 13.6. The zero-order valence-corrected chi connectivity index (χ0v) is 19.1. The van der Waals surface area contributed by atoms with E-state index < -0.39 is 10.0 Å². The van der Waals surface area contributed by atoms with E-state index in [0.717, 1.165) is 10.9 Å². The molecule has 0 aliphatic rings. The molecular formula is C25H24N2O5S. The summed E-state index contributed by atoms with van der Waals surface area (Å²) < 4.78 is 38.8. The molecule has 3 aromatic carbocycles. The van der Waals surface area contributed by atoms with Crippen LogP contribution in [0.5, 0.6) is 11.5 Å². The summed E-state index contributed by atoms with van der Waals surface area (Å²) in [7, 11) is -0.823. The van der Waals surface area contributed by atoms with Gasteiger partial charge in [0.25, 0.3) is 5.56 Å². The van der Waals surface area contributed by atoms with Gasteiger partial charge in [-0.15, -0.1) is 0 Å². The fourth-order valence-electron chi connectivity index (χ4n) is 3.57. The quantitative estimate of drug-likeness (QED) is 0.427. The number of methoxy groups -OCH3 is 2. The molecule has 8 heteroatoms. The summed E-state index contributed by atoms with van der Waals surface area (Å²) in [4.78, 5) is 15.8. The van der Waals surface area contributed by atoms with Crippen molar-refractivity contribution >= 4 is 20.9 Å². The van der Waals surface area contributed by atoms with Crippen molar-refractivity contribution in [1.82, 2.24) is 9.29 Å². The second-order valence-electron chi connectivity index (χ2n) is 7.51. The van der Waals surface area contributed by atoms with Crippen LogP contribution in [-0.2, 0) is 23.1 Å². The van der Waals surface area contributed by atoms with E-state index >= 15 is 0 Å². The van der Waals surface area contributed by atoms with E-state index in [1.54, 1.807) is 37.4 Å². The van der Waals surface area contributed by atoms with Gasteiger partial charge in [0.05, 0.1) is 24.6 Å². The standard InChI is InChI=1S/C25H24N2O5S/c1-31-21-10-12-23(13-11-21)33(29,30)27(16-18-6-4-3-5-7-18)17-20-14-19-8-9-22(32-2)15-24(19)26-25(20)28/h3-15H,16-17H2,1-2H3,(H,26,28). The Bertz CT molecular complexity index is 1420. The monoisotopic (exact) mass is 464 g/mol. The number of benzene rings is 3. The minimum atomic E-state index is -3.90. The predicted molar refractivity (Wildman–Crippen MR) is 127 cm³/mol. The Kier molecular flexibility index (Phi) is 6.48. The van der Waals surface area contributed by atoms with Gasteiger partial charge in [0, 0.05) is 24.7 Å². The van der Waals surface area contributed by atoms with Crippen molar-refractivity contribution in [3.05, 3.63) is 100 Å². The van der Waals surface area contributed by atoms with Crippen LogP contribution in [0.2, 0.25) is 0 Å². The summed E-state index contributed by atoms with van der Waals surface area (Å²) in [6, 6.07) is 22.6. The van der Waals surface area contributed by atoms with Gasteiger partial charge in [-0.1, -0.05) is 30.3 Å². The molecule has 0 bridgehead atoms. The number of H-pyrrole nitrogens is 1. The molecule has 1 aromatic heterocycles. The Morgan fingerprint density at radius 3 is 2.15 bits per heavy atom. The van der Waals surface area contributed by atoms with Gasteiger partial charge >= 0.3 is 0 Å². The number of nitrogens with one attached hydrogen (secondary N) is 1. The van der Waals surface area contributed by atoms with Crippen LogP contribution in [0.1, 0.15) is 11.1 Å². The fraction of sp³-hybridized carbons (Fsp3) is 0.160. The smallest absolute Gasteiger partial charge is 0.252 e. The second kappa shape index (κ2) is 9.48. The molecule has 4 aromatic rings. The second-order valence-corrected chi connectivity index (χ2v) is 9.45. The zero-order chi connectivity index (χ0) is 23.4. The molecule has 33 heavy (non-hydrogen) atoms. The van der Waals surface area contributed by atoms with Gasteiger partial charge in [0.1, 0.15) is 11.5 Å². The van der Waals surface area contributed by atoms with Crippen LogP contribution in [0, 0.1) is 0 Å². The van der Waals surface area contributed by atoms with E-state index in [9.17, 15) is 13.2 Å². The van der Waals surface area contributed by atoms with Crippen LogP contribution >= 0.6 is 0 Å². The third kappa shape index (κ3) is 4.92. The summed E-state index contributed by atoms with van der Waals surface area (Å²) in [6.45, 7) is 0.0376. The molecule has 4 rings (SSSR count). The molecule has 170 valence electrons. The van der Waals surface area contributed by atoms with Gasteiger partial charge in [-0.2, -0.15) is 4.31 Å². The number of aromatic amines is 1. The minimum Gasteiger partial charge on any atom is -0.497 e. The topological polar surface area (TPSA) is 88.7 Å². The van der Waals surface area contributed by atoms with E-state index in [-0.39, 0.29) is 23.5 Å². The van der Waals surface area contributed by atoms with E-state index in [1.807, 2.05) is 36.4 Å². The van der Waals surface area contributed by atoms with E-state index in [0.29, 0.717) is 22.6 Å². The first kappa shape index (κ1) is 22.6. The first-order chi connectivity index (χ1) is 15.9. The van der Waals surface area contributed by atoms with Crippen molar-refractivity contribution < 1.29 is 17.9 Å². The number of nitrogens with zero attached hydrogens (tertiary/aromatic N) is 1. The predicted octanol–water partition coefficient (Wildman–Crippen LogP) is 3.94. The molecule has 0 radical (unpaired) electrons. The van der Waals surface area contributed by atoms with Crippen molar-refractivity contribution in [1.29, 1.82) is 0 Å². The Labute approximate surface area is 192 Å². The van der Waals surface area contributed by atoms with Crippen LogP contribution in [0.3, 0.4) is 0 Å². The molecule has 0 atom stereocenters. The Balaban J connectivity index is 1.75. The Morgan fingerprint density at radius 2 is 1.48 bits per heavy atom. The normalized spacial score (nSPS) is 11.6. The lowest BCUT2D eigenvalue weighted by atomic mass is 10.1. The average molecular weight is 465 g/mol. The molecule has 0 aliphatic heterocycles. The lowest BCUT2D eigenvalue weighted by Crippen LogP contribution is -2.32. The summed E-state index contributed by atoms with van der Waals surface area (Å²) >= 11 is 0. The van der Waals surface area contributed by atoms with Crippen LogP contribution in [0.15, 0.2) is 88.6 Å². The van der Waals surface area contributed by atoms with Gasteiger partial charge in [0.2, 0.25) is 10.0 Å². The molecule has 0 spiro atoms. The molecule has 0 aliphatic carbocycles. The van der Waals surface area contributed by atoms with Crippen molar-refractivity contribution in [3.63, 3.8) is 0 Å². The number of rotatable bonds is 8. The average Bonchev–Trinajstić information content (AvgIpc) is 2.84. The fourth-order valence-corrected chi connectivity index (χ4v) is 4.98. The molecular weight excluding hydrogens is 440 g/mol. The van der Waals surface area contributed by atoms with Gasteiger partial charge < -0.3 is 14.5 Å². The molecule has 7 nitrogen and oxygen atoms in total. The molecule has 0 saturated carbocycles. The molecule has 0 amide bonds. The van der Waals surface area contributed by atoms with Crippen LogP contribution < -0.4 is 15.0 Å². The summed E-state index contributed by atoms with van der Waals surface area (Å²) in [5.41, 5.74) is 1.44. The third-order valence-electron chi connectivity index (χ3n) is 5.38. The van der Waals surface area contributed by atoms with Crippen molar-refractivity contribution in [3.8, 4) is 11.5 Å². The van der Waals surface area contributed by atoms with Gasteiger partial charge in [0.15, 0.2) is 0 Å². The van der Waals surface area contributed by atoms with Gasteiger partial charge in [-0.3, -0.25) is 4.79 Å².